The van der Waals surface area contributed by atoms with Gasteiger partial charge in [-0.2, -0.15) is 0 Å². The van der Waals surface area contributed by atoms with E-state index in [0.29, 0.717) is 6.42 Å². The molecule has 0 aromatic carbocycles. The number of nitrogens with zero attached hydrogens (tertiary/aromatic N) is 1. The summed E-state index contributed by atoms with van der Waals surface area (Å²) in [6.45, 7) is 5.89. The van der Waals surface area contributed by atoms with Gasteiger partial charge in [-0.1, -0.05) is 0 Å². The molecule has 1 N–H and O–H groups in total. The van der Waals surface area contributed by atoms with Crippen LogP contribution in [0.5, 0.6) is 0 Å². The van der Waals surface area contributed by atoms with Gasteiger partial charge in [-0.3, -0.25) is 0 Å². The van der Waals surface area contributed by atoms with Crippen LogP contribution in [0, 0.1) is 13.8 Å². The van der Waals surface area contributed by atoms with E-state index in [9.17, 15) is 5.11 Å². The number of rotatable bonds is 3. The van der Waals surface area contributed by atoms with Gasteiger partial charge in [0.1, 0.15) is 5.60 Å². The van der Waals surface area contributed by atoms with Crippen molar-refractivity contribution in [1.29, 1.82) is 0 Å². The molecule has 2 nitrogen and oxygen atoms in total. The summed E-state index contributed by atoms with van der Waals surface area (Å²) in [4.78, 5) is 6.63. The van der Waals surface area contributed by atoms with Gasteiger partial charge in [-0.25, -0.2) is 4.98 Å². The minimum Gasteiger partial charge on any atom is -0.384 e. The Bertz CT molecular complexity index is 485. The molecule has 2 aromatic heterocycles. The first kappa shape index (κ1) is 11.8. The lowest BCUT2D eigenvalue weighted by molar-refractivity contribution is 0.0614. The molecule has 0 saturated heterocycles. The highest BCUT2D eigenvalue weighted by atomic mass is 32.1. The topological polar surface area (TPSA) is 33.1 Å². The molecule has 2 heterocycles. The molecule has 0 radical (unpaired) electrons. The summed E-state index contributed by atoms with van der Waals surface area (Å²) in [5.74, 6) is 0. The van der Waals surface area contributed by atoms with E-state index in [1.807, 2.05) is 31.4 Å². The van der Waals surface area contributed by atoms with Crippen molar-refractivity contribution >= 4 is 22.7 Å². The molecule has 16 heavy (non-hydrogen) atoms. The van der Waals surface area contributed by atoms with Gasteiger partial charge in [-0.15, -0.1) is 22.7 Å². The molecule has 1 atom stereocenters. The second-order valence-electron chi connectivity index (χ2n) is 4.24. The predicted octanol–water partition coefficient (Wildman–Crippen LogP) is 3.27. The van der Waals surface area contributed by atoms with Crippen LogP contribution in [0.15, 0.2) is 17.5 Å². The van der Waals surface area contributed by atoms with Gasteiger partial charge in [0.2, 0.25) is 0 Å². The van der Waals surface area contributed by atoms with Crippen LogP contribution in [0.1, 0.15) is 27.4 Å². The number of hydrogen-bond donors (Lipinski definition) is 1. The van der Waals surface area contributed by atoms with Crippen molar-refractivity contribution in [2.75, 3.05) is 0 Å². The third-order valence-corrected chi connectivity index (χ3v) is 4.65. The lowest BCUT2D eigenvalue weighted by Gasteiger charge is -2.20. The van der Waals surface area contributed by atoms with Crippen molar-refractivity contribution < 1.29 is 5.11 Å². The van der Waals surface area contributed by atoms with E-state index >= 15 is 0 Å². The molecule has 2 aromatic rings. The van der Waals surface area contributed by atoms with Crippen molar-refractivity contribution in [3.63, 3.8) is 0 Å². The maximum atomic E-state index is 10.4. The van der Waals surface area contributed by atoms with E-state index in [4.69, 9.17) is 0 Å². The molecular weight excluding hydrogens is 238 g/mol. The molecule has 0 amide bonds. The summed E-state index contributed by atoms with van der Waals surface area (Å²) < 4.78 is 0. The molecule has 4 heteroatoms. The molecule has 0 aliphatic rings. The standard InChI is InChI=1S/C12H15NOS2/c1-8-7-15-11(13-8)6-12(3,14)10-5-4-9(2)16-10/h4-5,7,14H,6H2,1-3H3. The van der Waals surface area contributed by atoms with Gasteiger partial charge in [0.15, 0.2) is 0 Å². The first-order valence-electron chi connectivity index (χ1n) is 5.18. The van der Waals surface area contributed by atoms with Crippen LogP contribution in [0.4, 0.5) is 0 Å². The number of aliphatic hydroxyl groups is 1. The zero-order valence-corrected chi connectivity index (χ0v) is 11.3. The van der Waals surface area contributed by atoms with E-state index < -0.39 is 5.60 Å². The first-order valence-corrected chi connectivity index (χ1v) is 6.87. The van der Waals surface area contributed by atoms with Crippen LogP contribution in [0.3, 0.4) is 0 Å². The van der Waals surface area contributed by atoms with Gasteiger partial charge in [0.05, 0.1) is 5.01 Å². The summed E-state index contributed by atoms with van der Waals surface area (Å²) >= 11 is 3.26. The van der Waals surface area contributed by atoms with Crippen LogP contribution in [0.2, 0.25) is 0 Å². The van der Waals surface area contributed by atoms with Crippen LogP contribution in [0.25, 0.3) is 0 Å². The summed E-state index contributed by atoms with van der Waals surface area (Å²) in [5.41, 5.74) is 0.224. The van der Waals surface area contributed by atoms with E-state index in [1.165, 1.54) is 4.88 Å². The summed E-state index contributed by atoms with van der Waals surface area (Å²) in [6.07, 6.45) is 0.589. The van der Waals surface area contributed by atoms with Gasteiger partial charge in [0, 0.05) is 27.2 Å². The molecule has 86 valence electrons. The largest absolute Gasteiger partial charge is 0.384 e. The summed E-state index contributed by atoms with van der Waals surface area (Å²) in [6, 6.07) is 4.04. The Morgan fingerprint density at radius 2 is 2.12 bits per heavy atom. The van der Waals surface area contributed by atoms with E-state index in [2.05, 4.69) is 11.9 Å². The number of thiophene rings is 1. The van der Waals surface area contributed by atoms with Gasteiger partial charge >= 0.3 is 0 Å². The van der Waals surface area contributed by atoms with Crippen LogP contribution in [-0.4, -0.2) is 10.1 Å². The van der Waals surface area contributed by atoms with Crippen molar-refractivity contribution in [2.45, 2.75) is 32.8 Å². The van der Waals surface area contributed by atoms with Crippen LogP contribution >= 0.6 is 22.7 Å². The molecule has 0 bridgehead atoms. The molecule has 2 rings (SSSR count). The molecule has 0 aliphatic heterocycles. The first-order chi connectivity index (χ1) is 7.47. The van der Waals surface area contributed by atoms with Crippen molar-refractivity contribution in [2.24, 2.45) is 0 Å². The maximum Gasteiger partial charge on any atom is 0.102 e. The normalized spacial score (nSPS) is 15.0. The molecule has 0 aliphatic carbocycles. The Labute approximate surface area is 104 Å². The molecule has 0 saturated carbocycles. The predicted molar refractivity (Wildman–Crippen MR) is 69.2 cm³/mol. The van der Waals surface area contributed by atoms with Gasteiger partial charge in [-0.05, 0) is 32.9 Å². The number of thiazole rings is 1. The summed E-state index contributed by atoms with van der Waals surface area (Å²) in [7, 11) is 0. The van der Waals surface area contributed by atoms with Gasteiger partial charge in [0.25, 0.3) is 0 Å². The highest BCUT2D eigenvalue weighted by Gasteiger charge is 2.26. The smallest absolute Gasteiger partial charge is 0.102 e. The van der Waals surface area contributed by atoms with Crippen molar-refractivity contribution in [3.05, 3.63) is 38.0 Å². The Morgan fingerprint density at radius 1 is 1.38 bits per heavy atom. The number of aryl methyl sites for hydroxylation is 2. The zero-order valence-electron chi connectivity index (χ0n) is 9.65. The second kappa shape index (κ2) is 4.28. The Hall–Kier alpha value is -0.710. The summed E-state index contributed by atoms with van der Waals surface area (Å²) in [5, 5.41) is 13.5. The Morgan fingerprint density at radius 3 is 2.62 bits per heavy atom. The monoisotopic (exact) mass is 253 g/mol. The quantitative estimate of drug-likeness (QED) is 0.910. The van der Waals surface area contributed by atoms with Crippen LogP contribution < -0.4 is 0 Å². The lowest BCUT2D eigenvalue weighted by Crippen LogP contribution is -2.22. The van der Waals surface area contributed by atoms with Crippen molar-refractivity contribution in [1.82, 2.24) is 4.98 Å². The second-order valence-corrected chi connectivity index (χ2v) is 6.47. The minimum absolute atomic E-state index is 0.589. The van der Waals surface area contributed by atoms with E-state index in [-0.39, 0.29) is 0 Å². The van der Waals surface area contributed by atoms with E-state index in [0.717, 1.165) is 15.6 Å². The zero-order chi connectivity index (χ0) is 11.8. The fraction of sp³-hybridized carbons (Fsp3) is 0.417. The highest BCUT2D eigenvalue weighted by Crippen LogP contribution is 2.31. The third-order valence-electron chi connectivity index (χ3n) is 2.43. The third kappa shape index (κ3) is 2.51. The van der Waals surface area contributed by atoms with Crippen LogP contribution in [-0.2, 0) is 12.0 Å². The number of aromatic nitrogens is 1. The van der Waals surface area contributed by atoms with E-state index in [1.54, 1.807) is 22.7 Å². The average Bonchev–Trinajstić information content (AvgIpc) is 2.75. The molecule has 0 spiro atoms. The lowest BCUT2D eigenvalue weighted by atomic mass is 10.0. The molecule has 0 fully saturated rings. The Balaban J connectivity index is 2.19. The minimum atomic E-state index is -0.802. The Kier molecular flexibility index (Phi) is 3.15. The number of hydrogen-bond acceptors (Lipinski definition) is 4. The average molecular weight is 253 g/mol. The SMILES string of the molecule is Cc1csc(CC(C)(O)c2ccc(C)s2)n1. The fourth-order valence-electron chi connectivity index (χ4n) is 1.59. The molecular formula is C12H15NOS2. The van der Waals surface area contributed by atoms with Crippen molar-refractivity contribution in [3.8, 4) is 0 Å². The maximum absolute atomic E-state index is 10.4. The molecule has 1 unspecified atom stereocenters. The highest BCUT2D eigenvalue weighted by molar-refractivity contribution is 7.12. The fourth-order valence-corrected chi connectivity index (χ4v) is 3.42. The van der Waals surface area contributed by atoms with Gasteiger partial charge < -0.3 is 5.11 Å².